The van der Waals surface area contributed by atoms with Crippen LogP contribution in [0.5, 0.6) is 0 Å². The molecule has 3 heteroatoms. The Kier molecular flexibility index (Phi) is 2.89. The lowest BCUT2D eigenvalue weighted by Crippen LogP contribution is -2.47. The molecule has 1 heterocycles. The molecule has 2 nitrogen and oxygen atoms in total. The SMILES string of the molecule is CNC(C)(C)CN1CCc2ccc(F)cc21. The van der Waals surface area contributed by atoms with Crippen molar-refractivity contribution >= 4 is 5.69 Å². The van der Waals surface area contributed by atoms with Crippen molar-refractivity contribution in [3.63, 3.8) is 0 Å². The van der Waals surface area contributed by atoms with Gasteiger partial charge in [-0.25, -0.2) is 4.39 Å². The Morgan fingerprint density at radius 1 is 1.44 bits per heavy atom. The zero-order chi connectivity index (χ0) is 11.8. The number of hydrogen-bond donors (Lipinski definition) is 1. The van der Waals surface area contributed by atoms with Crippen molar-refractivity contribution in [3.8, 4) is 0 Å². The minimum Gasteiger partial charge on any atom is -0.369 e. The summed E-state index contributed by atoms with van der Waals surface area (Å²) in [5.41, 5.74) is 2.37. The second-order valence-corrected chi connectivity index (χ2v) is 5.08. The first kappa shape index (κ1) is 11.4. The molecule has 0 bridgehead atoms. The van der Waals surface area contributed by atoms with Crippen LogP contribution in [0.2, 0.25) is 0 Å². The Balaban J connectivity index is 2.20. The van der Waals surface area contributed by atoms with E-state index in [-0.39, 0.29) is 11.4 Å². The Hall–Kier alpha value is -1.09. The van der Waals surface area contributed by atoms with E-state index in [0.717, 1.165) is 25.2 Å². The number of rotatable bonds is 3. The van der Waals surface area contributed by atoms with Crippen LogP contribution in [0, 0.1) is 5.82 Å². The molecule has 0 amide bonds. The molecule has 1 N–H and O–H groups in total. The molecule has 0 fully saturated rings. The standard InChI is InChI=1S/C13H19FN2/c1-13(2,15-3)9-16-7-6-10-4-5-11(14)8-12(10)16/h4-5,8,15H,6-7,9H2,1-3H3. The van der Waals surface area contributed by atoms with Crippen molar-refractivity contribution in [2.75, 3.05) is 25.0 Å². The number of nitrogens with one attached hydrogen (secondary N) is 1. The Morgan fingerprint density at radius 3 is 2.88 bits per heavy atom. The summed E-state index contributed by atoms with van der Waals surface area (Å²) in [5, 5.41) is 3.28. The van der Waals surface area contributed by atoms with E-state index in [9.17, 15) is 4.39 Å². The largest absolute Gasteiger partial charge is 0.369 e. The maximum absolute atomic E-state index is 13.2. The van der Waals surface area contributed by atoms with Crippen LogP contribution in [0.25, 0.3) is 0 Å². The van der Waals surface area contributed by atoms with Crippen LogP contribution in [-0.2, 0) is 6.42 Å². The predicted octanol–water partition coefficient (Wildman–Crippen LogP) is 2.19. The molecule has 1 aromatic carbocycles. The molecule has 2 rings (SSSR count). The van der Waals surface area contributed by atoms with Gasteiger partial charge in [0.05, 0.1) is 0 Å². The van der Waals surface area contributed by atoms with E-state index in [1.54, 1.807) is 12.1 Å². The second kappa shape index (κ2) is 4.06. The molecule has 0 spiro atoms. The molecule has 0 atom stereocenters. The maximum atomic E-state index is 13.2. The molecular formula is C13H19FN2. The highest BCUT2D eigenvalue weighted by molar-refractivity contribution is 5.58. The molecule has 0 aromatic heterocycles. The van der Waals surface area contributed by atoms with E-state index in [0.29, 0.717) is 0 Å². The lowest BCUT2D eigenvalue weighted by molar-refractivity contribution is 0.423. The highest BCUT2D eigenvalue weighted by atomic mass is 19.1. The number of hydrogen-bond acceptors (Lipinski definition) is 2. The Morgan fingerprint density at radius 2 is 2.19 bits per heavy atom. The molecule has 0 saturated carbocycles. The summed E-state index contributed by atoms with van der Waals surface area (Å²) in [6.07, 6.45) is 1.02. The Bertz CT molecular complexity index is 388. The third-order valence-electron chi connectivity index (χ3n) is 3.30. The van der Waals surface area contributed by atoms with Gasteiger partial charge in [-0.15, -0.1) is 0 Å². The van der Waals surface area contributed by atoms with E-state index in [2.05, 4.69) is 24.1 Å². The number of fused-ring (bicyclic) bond motifs is 1. The number of halogens is 1. The van der Waals surface area contributed by atoms with Crippen LogP contribution in [0.3, 0.4) is 0 Å². The number of nitrogens with zero attached hydrogens (tertiary/aromatic N) is 1. The molecule has 1 aliphatic rings. The van der Waals surface area contributed by atoms with Crippen molar-refractivity contribution in [3.05, 3.63) is 29.6 Å². The summed E-state index contributed by atoms with van der Waals surface area (Å²) in [6, 6.07) is 5.09. The van der Waals surface area contributed by atoms with Gasteiger partial charge in [-0.2, -0.15) is 0 Å². The summed E-state index contributed by atoms with van der Waals surface area (Å²) in [5.74, 6) is -0.145. The first-order chi connectivity index (χ1) is 7.52. The second-order valence-electron chi connectivity index (χ2n) is 5.08. The van der Waals surface area contributed by atoms with Gasteiger partial charge in [0, 0.05) is 24.3 Å². The lowest BCUT2D eigenvalue weighted by Gasteiger charge is -2.31. The van der Waals surface area contributed by atoms with Crippen LogP contribution in [0.1, 0.15) is 19.4 Å². The summed E-state index contributed by atoms with van der Waals surface area (Å²) in [7, 11) is 1.96. The monoisotopic (exact) mass is 222 g/mol. The summed E-state index contributed by atoms with van der Waals surface area (Å²) in [6.45, 7) is 6.21. The lowest BCUT2D eigenvalue weighted by atomic mass is 10.1. The number of likely N-dealkylation sites (N-methyl/N-ethyl adjacent to an activating group) is 1. The molecule has 0 unspecified atom stereocenters. The molecular weight excluding hydrogens is 203 g/mol. The van der Waals surface area contributed by atoms with Gasteiger partial charge in [0.15, 0.2) is 0 Å². The molecule has 0 saturated heterocycles. The van der Waals surface area contributed by atoms with Gasteiger partial charge in [0.2, 0.25) is 0 Å². The normalized spacial score (nSPS) is 15.4. The number of anilines is 1. The third kappa shape index (κ3) is 2.19. The average molecular weight is 222 g/mol. The van der Waals surface area contributed by atoms with Crippen LogP contribution < -0.4 is 10.2 Å². The van der Waals surface area contributed by atoms with Crippen LogP contribution in [0.4, 0.5) is 10.1 Å². The van der Waals surface area contributed by atoms with E-state index in [1.807, 2.05) is 13.1 Å². The summed E-state index contributed by atoms with van der Waals surface area (Å²) < 4.78 is 13.2. The highest BCUT2D eigenvalue weighted by Crippen LogP contribution is 2.29. The van der Waals surface area contributed by atoms with Crippen LogP contribution in [0.15, 0.2) is 18.2 Å². The molecule has 1 aromatic rings. The van der Waals surface area contributed by atoms with E-state index >= 15 is 0 Å². The van der Waals surface area contributed by atoms with Crippen molar-refractivity contribution in [1.82, 2.24) is 5.32 Å². The average Bonchev–Trinajstić information content (AvgIpc) is 2.61. The molecule has 1 aliphatic heterocycles. The Labute approximate surface area is 96.5 Å². The predicted molar refractivity (Wildman–Crippen MR) is 65.5 cm³/mol. The first-order valence-electron chi connectivity index (χ1n) is 5.74. The molecule has 16 heavy (non-hydrogen) atoms. The van der Waals surface area contributed by atoms with Crippen molar-refractivity contribution in [2.45, 2.75) is 25.8 Å². The van der Waals surface area contributed by atoms with Crippen LogP contribution >= 0.6 is 0 Å². The minimum atomic E-state index is -0.145. The summed E-state index contributed by atoms with van der Waals surface area (Å²) >= 11 is 0. The van der Waals surface area contributed by atoms with E-state index in [1.165, 1.54) is 5.56 Å². The topological polar surface area (TPSA) is 15.3 Å². The fourth-order valence-corrected chi connectivity index (χ4v) is 2.14. The zero-order valence-electron chi connectivity index (χ0n) is 10.2. The van der Waals surface area contributed by atoms with E-state index in [4.69, 9.17) is 0 Å². The fraction of sp³-hybridized carbons (Fsp3) is 0.538. The van der Waals surface area contributed by atoms with Gasteiger partial charge in [-0.3, -0.25) is 0 Å². The van der Waals surface area contributed by atoms with Gasteiger partial charge in [0.25, 0.3) is 0 Å². The molecule has 0 radical (unpaired) electrons. The maximum Gasteiger partial charge on any atom is 0.125 e. The van der Waals surface area contributed by atoms with Crippen molar-refractivity contribution in [2.24, 2.45) is 0 Å². The quantitative estimate of drug-likeness (QED) is 0.843. The van der Waals surface area contributed by atoms with Crippen LogP contribution in [-0.4, -0.2) is 25.7 Å². The van der Waals surface area contributed by atoms with Gasteiger partial charge in [-0.1, -0.05) is 6.07 Å². The van der Waals surface area contributed by atoms with Crippen molar-refractivity contribution < 1.29 is 4.39 Å². The fourth-order valence-electron chi connectivity index (χ4n) is 2.14. The van der Waals surface area contributed by atoms with Gasteiger partial charge in [-0.05, 0) is 45.0 Å². The third-order valence-corrected chi connectivity index (χ3v) is 3.30. The molecule has 88 valence electrons. The zero-order valence-corrected chi connectivity index (χ0v) is 10.2. The highest BCUT2D eigenvalue weighted by Gasteiger charge is 2.25. The smallest absolute Gasteiger partial charge is 0.125 e. The van der Waals surface area contributed by atoms with Gasteiger partial charge < -0.3 is 10.2 Å². The van der Waals surface area contributed by atoms with Gasteiger partial charge >= 0.3 is 0 Å². The first-order valence-corrected chi connectivity index (χ1v) is 5.74. The summed E-state index contributed by atoms with van der Waals surface area (Å²) in [4.78, 5) is 2.26. The number of benzene rings is 1. The molecule has 0 aliphatic carbocycles. The van der Waals surface area contributed by atoms with Gasteiger partial charge in [0.1, 0.15) is 5.82 Å². The van der Waals surface area contributed by atoms with Crippen molar-refractivity contribution in [1.29, 1.82) is 0 Å². The minimum absolute atomic E-state index is 0.0495. The van der Waals surface area contributed by atoms with E-state index < -0.39 is 0 Å².